The summed E-state index contributed by atoms with van der Waals surface area (Å²) in [4.78, 5) is 48.4. The number of Topliss-reactive ketones (excluding diaryl/α,β-unsaturated/α-hetero) is 1. The first-order valence-corrected chi connectivity index (χ1v) is 10.2. The zero-order chi connectivity index (χ0) is 22.0. The maximum atomic E-state index is 13.1. The van der Waals surface area contributed by atoms with E-state index in [-0.39, 0.29) is 29.0 Å². The predicted octanol–water partition coefficient (Wildman–Crippen LogP) is 3.62. The van der Waals surface area contributed by atoms with Crippen molar-refractivity contribution < 1.29 is 24.0 Å². The average Bonchev–Trinajstić information content (AvgIpc) is 3.39. The van der Waals surface area contributed by atoms with Crippen LogP contribution in [-0.4, -0.2) is 29.2 Å². The maximum Gasteiger partial charge on any atom is 0.310 e. The highest BCUT2D eigenvalue weighted by molar-refractivity contribution is 6.01. The minimum absolute atomic E-state index is 0.0456. The molecule has 2 aromatic carbocycles. The molecule has 2 saturated carbocycles. The molecule has 2 aliphatic rings. The first-order chi connectivity index (χ1) is 14.9. The van der Waals surface area contributed by atoms with E-state index in [0.29, 0.717) is 5.56 Å². The van der Waals surface area contributed by atoms with Gasteiger partial charge in [0.05, 0.1) is 10.8 Å². The lowest BCUT2D eigenvalue weighted by Crippen LogP contribution is -2.37. The fourth-order valence-electron chi connectivity index (χ4n) is 4.93. The second-order valence-electron chi connectivity index (χ2n) is 8.08. The van der Waals surface area contributed by atoms with Crippen molar-refractivity contribution in [3.63, 3.8) is 0 Å². The summed E-state index contributed by atoms with van der Waals surface area (Å²) in [7, 11) is 0. The standard InChI is InChI=1S/C23H22N2O6/c26-19(24-17-7-4-8-18(12-17)25(29)30)13-31-23(28)21-16-10-9-15(11-16)20(21)22(27)14-5-2-1-3-6-14/h1-8,12,15-16,20-21H,9-11,13H2,(H,24,26)/t15-,16-,20+,21-/m0/s1. The van der Waals surface area contributed by atoms with E-state index in [1.807, 2.05) is 6.07 Å². The fourth-order valence-corrected chi connectivity index (χ4v) is 4.93. The van der Waals surface area contributed by atoms with Gasteiger partial charge in [-0.15, -0.1) is 0 Å². The van der Waals surface area contributed by atoms with Gasteiger partial charge < -0.3 is 10.1 Å². The summed E-state index contributed by atoms with van der Waals surface area (Å²) in [5.74, 6) is -1.89. The van der Waals surface area contributed by atoms with Gasteiger partial charge >= 0.3 is 5.97 Å². The predicted molar refractivity (Wildman–Crippen MR) is 111 cm³/mol. The molecule has 0 saturated heterocycles. The van der Waals surface area contributed by atoms with Gasteiger partial charge in [-0.2, -0.15) is 0 Å². The first kappa shape index (κ1) is 20.7. The van der Waals surface area contributed by atoms with E-state index >= 15 is 0 Å². The van der Waals surface area contributed by atoms with Crippen molar-refractivity contribution in [3.8, 4) is 0 Å². The molecule has 160 valence electrons. The Bertz CT molecular complexity index is 1020. The summed E-state index contributed by atoms with van der Waals surface area (Å²) >= 11 is 0. The highest BCUT2D eigenvalue weighted by atomic mass is 16.6. The van der Waals surface area contributed by atoms with Crippen molar-refractivity contribution in [2.75, 3.05) is 11.9 Å². The smallest absolute Gasteiger partial charge is 0.310 e. The maximum absolute atomic E-state index is 13.1. The highest BCUT2D eigenvalue weighted by Gasteiger charge is 2.54. The number of ether oxygens (including phenoxy) is 1. The molecular formula is C23H22N2O6. The SMILES string of the molecule is O=C(COC(=O)[C@H]1[C@H]2CC[C@@H](C2)[C@H]1C(=O)c1ccccc1)Nc1cccc([N+](=O)[O-])c1. The molecule has 8 nitrogen and oxygen atoms in total. The third kappa shape index (κ3) is 4.33. The molecule has 4 atom stereocenters. The number of nitrogens with one attached hydrogen (secondary N) is 1. The number of hydrogen-bond donors (Lipinski definition) is 1. The highest BCUT2D eigenvalue weighted by Crippen LogP contribution is 2.53. The number of esters is 1. The molecule has 31 heavy (non-hydrogen) atoms. The van der Waals surface area contributed by atoms with Crippen molar-refractivity contribution >= 4 is 29.0 Å². The second-order valence-corrected chi connectivity index (χ2v) is 8.08. The molecule has 0 aliphatic heterocycles. The number of fused-ring (bicyclic) bond motifs is 2. The Morgan fingerprint density at radius 1 is 1.00 bits per heavy atom. The van der Waals surface area contributed by atoms with Crippen LogP contribution in [-0.2, 0) is 14.3 Å². The summed E-state index contributed by atoms with van der Waals surface area (Å²) in [5.41, 5.74) is 0.674. The number of nitrogens with zero attached hydrogens (tertiary/aromatic N) is 1. The van der Waals surface area contributed by atoms with Crippen LogP contribution < -0.4 is 5.32 Å². The molecule has 2 aromatic rings. The van der Waals surface area contributed by atoms with Gasteiger partial charge in [-0.1, -0.05) is 36.4 Å². The number of nitro benzene ring substituents is 1. The Hall–Kier alpha value is -3.55. The third-order valence-electron chi connectivity index (χ3n) is 6.24. The van der Waals surface area contributed by atoms with Gasteiger partial charge in [0.1, 0.15) is 0 Å². The molecule has 8 heteroatoms. The van der Waals surface area contributed by atoms with Gasteiger partial charge in [-0.3, -0.25) is 24.5 Å². The van der Waals surface area contributed by atoms with E-state index in [0.717, 1.165) is 19.3 Å². The number of nitro groups is 1. The Morgan fingerprint density at radius 3 is 2.42 bits per heavy atom. The van der Waals surface area contributed by atoms with Crippen LogP contribution in [0.2, 0.25) is 0 Å². The second kappa shape index (κ2) is 8.67. The number of amides is 1. The van der Waals surface area contributed by atoms with Gasteiger partial charge in [-0.05, 0) is 37.2 Å². The van der Waals surface area contributed by atoms with E-state index in [1.165, 1.54) is 24.3 Å². The molecule has 0 unspecified atom stereocenters. The van der Waals surface area contributed by atoms with E-state index in [2.05, 4.69) is 5.32 Å². The summed E-state index contributed by atoms with van der Waals surface area (Å²) in [6, 6.07) is 14.4. The van der Waals surface area contributed by atoms with Crippen LogP contribution in [0.25, 0.3) is 0 Å². The molecule has 0 aromatic heterocycles. The summed E-state index contributed by atoms with van der Waals surface area (Å²) < 4.78 is 5.27. The molecule has 0 radical (unpaired) electrons. The Kier molecular flexibility index (Phi) is 5.79. The molecule has 4 rings (SSSR count). The molecule has 0 heterocycles. The summed E-state index contributed by atoms with van der Waals surface area (Å²) in [6.07, 6.45) is 2.62. The Balaban J connectivity index is 1.39. The van der Waals surface area contributed by atoms with Gasteiger partial charge in [0.15, 0.2) is 12.4 Å². The van der Waals surface area contributed by atoms with Crippen LogP contribution in [0.4, 0.5) is 11.4 Å². The van der Waals surface area contributed by atoms with Crippen LogP contribution >= 0.6 is 0 Å². The number of non-ortho nitro benzene ring substituents is 1. The van der Waals surface area contributed by atoms with Crippen molar-refractivity contribution in [2.24, 2.45) is 23.7 Å². The molecule has 1 amide bonds. The lowest BCUT2D eigenvalue weighted by molar-refractivity contribution is -0.384. The van der Waals surface area contributed by atoms with Crippen LogP contribution in [0.15, 0.2) is 54.6 Å². The van der Waals surface area contributed by atoms with E-state index in [1.54, 1.807) is 24.3 Å². The normalized spacial score (nSPS) is 23.9. The number of hydrogen-bond acceptors (Lipinski definition) is 6. The number of carbonyl (C=O) groups is 3. The van der Waals surface area contributed by atoms with Crippen LogP contribution in [0, 0.1) is 33.8 Å². The monoisotopic (exact) mass is 422 g/mol. The zero-order valence-electron chi connectivity index (χ0n) is 16.7. The van der Waals surface area contributed by atoms with Gasteiger partial charge in [0, 0.05) is 29.3 Å². The first-order valence-electron chi connectivity index (χ1n) is 10.2. The summed E-state index contributed by atoms with van der Waals surface area (Å²) in [5, 5.41) is 13.3. The lowest BCUT2D eigenvalue weighted by atomic mass is 9.75. The van der Waals surface area contributed by atoms with E-state index in [9.17, 15) is 24.5 Å². The number of anilines is 1. The number of ketones is 1. The Morgan fingerprint density at radius 2 is 1.71 bits per heavy atom. The third-order valence-corrected chi connectivity index (χ3v) is 6.24. The zero-order valence-corrected chi connectivity index (χ0v) is 16.7. The average molecular weight is 422 g/mol. The minimum Gasteiger partial charge on any atom is -0.455 e. The number of carbonyl (C=O) groups excluding carboxylic acids is 3. The molecule has 2 aliphatic carbocycles. The van der Waals surface area contributed by atoms with Crippen molar-refractivity contribution in [3.05, 3.63) is 70.3 Å². The lowest BCUT2D eigenvalue weighted by Gasteiger charge is -2.28. The van der Waals surface area contributed by atoms with Crippen molar-refractivity contribution in [2.45, 2.75) is 19.3 Å². The summed E-state index contributed by atoms with van der Waals surface area (Å²) in [6.45, 7) is -0.512. The van der Waals surface area contributed by atoms with Crippen molar-refractivity contribution in [1.82, 2.24) is 0 Å². The van der Waals surface area contributed by atoms with E-state index < -0.39 is 35.2 Å². The van der Waals surface area contributed by atoms with Crippen molar-refractivity contribution in [1.29, 1.82) is 0 Å². The largest absolute Gasteiger partial charge is 0.455 e. The minimum atomic E-state index is -0.594. The van der Waals surface area contributed by atoms with Gasteiger partial charge in [0.25, 0.3) is 11.6 Å². The molecule has 0 spiro atoms. The number of benzene rings is 2. The van der Waals surface area contributed by atoms with Crippen LogP contribution in [0.3, 0.4) is 0 Å². The van der Waals surface area contributed by atoms with Crippen LogP contribution in [0.5, 0.6) is 0 Å². The molecule has 2 bridgehead atoms. The van der Waals surface area contributed by atoms with E-state index in [4.69, 9.17) is 4.74 Å². The quantitative estimate of drug-likeness (QED) is 0.315. The fraction of sp³-hybridized carbons (Fsp3) is 0.348. The van der Waals surface area contributed by atoms with Gasteiger partial charge in [-0.25, -0.2) is 0 Å². The Labute approximate surface area is 178 Å². The molecular weight excluding hydrogens is 400 g/mol. The topological polar surface area (TPSA) is 116 Å². The van der Waals surface area contributed by atoms with Gasteiger partial charge in [0.2, 0.25) is 0 Å². The molecule has 1 N–H and O–H groups in total. The van der Waals surface area contributed by atoms with Crippen LogP contribution in [0.1, 0.15) is 29.6 Å². The molecule has 2 fully saturated rings. The number of rotatable bonds is 7.